The number of aromatic nitrogens is 5. The number of ether oxygens (including phenoxy) is 2. The number of nitrogens with two attached hydrogens (primary N) is 1. The van der Waals surface area contributed by atoms with Crippen molar-refractivity contribution >= 4 is 32.4 Å². The van der Waals surface area contributed by atoms with Gasteiger partial charge in [0.1, 0.15) is 29.2 Å². The van der Waals surface area contributed by atoms with Crippen molar-refractivity contribution < 1.29 is 31.1 Å². The first-order chi connectivity index (χ1) is 20.5. The number of rotatable bonds is 9. The molecule has 0 saturated carbocycles. The lowest BCUT2D eigenvalue weighted by molar-refractivity contribution is -0.0286. The highest BCUT2D eigenvalue weighted by Crippen LogP contribution is 2.40. The fourth-order valence-corrected chi connectivity index (χ4v) is 5.41. The summed E-state index contributed by atoms with van der Waals surface area (Å²) in [6.45, 7) is 2.83. The van der Waals surface area contributed by atoms with Crippen molar-refractivity contribution in [3.05, 3.63) is 72.4 Å². The van der Waals surface area contributed by atoms with Crippen LogP contribution >= 0.6 is 0 Å². The van der Waals surface area contributed by atoms with E-state index in [0.29, 0.717) is 40.9 Å². The number of nitrogen functional groups attached to an aromatic ring is 1. The Labute approximate surface area is 244 Å². The van der Waals surface area contributed by atoms with Crippen LogP contribution in [-0.4, -0.2) is 51.9 Å². The van der Waals surface area contributed by atoms with E-state index in [-0.39, 0.29) is 23.3 Å². The second-order valence-electron chi connectivity index (χ2n) is 10.1. The van der Waals surface area contributed by atoms with Crippen LogP contribution in [0.25, 0.3) is 33.3 Å². The first kappa shape index (κ1) is 28.5. The van der Waals surface area contributed by atoms with Crippen LogP contribution in [0.3, 0.4) is 0 Å². The first-order valence-corrected chi connectivity index (χ1v) is 14.7. The van der Waals surface area contributed by atoms with Crippen LogP contribution in [0, 0.1) is 5.82 Å². The van der Waals surface area contributed by atoms with Crippen LogP contribution in [0.4, 0.5) is 24.7 Å². The predicted octanol–water partition coefficient (Wildman–Crippen LogP) is 4.90. The number of pyridine rings is 1. The van der Waals surface area contributed by atoms with Crippen molar-refractivity contribution in [3.63, 3.8) is 0 Å². The number of aryl methyl sites for hydroxylation is 1. The molecule has 5 aromatic rings. The van der Waals surface area contributed by atoms with Crippen molar-refractivity contribution in [1.82, 2.24) is 24.5 Å². The molecule has 2 aromatic carbocycles. The van der Waals surface area contributed by atoms with Gasteiger partial charge < -0.3 is 15.2 Å². The molecule has 0 amide bonds. The molecule has 0 radical (unpaired) electrons. The average Bonchev–Trinajstić information content (AvgIpc) is 3.55. The van der Waals surface area contributed by atoms with Crippen LogP contribution < -0.4 is 15.2 Å². The van der Waals surface area contributed by atoms with E-state index in [4.69, 9.17) is 20.3 Å². The number of anilines is 2. The fourth-order valence-electron chi connectivity index (χ4n) is 4.84. The number of alkyl halides is 2. The Morgan fingerprint density at radius 1 is 1.12 bits per heavy atom. The van der Waals surface area contributed by atoms with Crippen molar-refractivity contribution in [3.8, 4) is 28.1 Å². The Morgan fingerprint density at radius 3 is 2.53 bits per heavy atom. The van der Waals surface area contributed by atoms with E-state index in [0.717, 1.165) is 11.1 Å². The highest BCUT2D eigenvalue weighted by Gasteiger charge is 2.27. The van der Waals surface area contributed by atoms with Crippen LogP contribution in [0.2, 0.25) is 0 Å². The van der Waals surface area contributed by atoms with Gasteiger partial charge in [-0.3, -0.25) is 14.1 Å². The second kappa shape index (κ2) is 10.9. The molecule has 1 aliphatic rings. The van der Waals surface area contributed by atoms with Gasteiger partial charge in [-0.1, -0.05) is 18.2 Å². The molecule has 3 N–H and O–H groups in total. The largest absolute Gasteiger partial charge is 0.484 e. The molecule has 0 bridgehead atoms. The van der Waals surface area contributed by atoms with Gasteiger partial charge in [0.15, 0.2) is 0 Å². The van der Waals surface area contributed by atoms with Gasteiger partial charge in [-0.05, 0) is 36.8 Å². The summed E-state index contributed by atoms with van der Waals surface area (Å²) in [4.78, 5) is 4.40. The number of benzene rings is 2. The van der Waals surface area contributed by atoms with Gasteiger partial charge in [0.05, 0.1) is 42.0 Å². The molecule has 1 fully saturated rings. The highest BCUT2D eigenvalue weighted by molar-refractivity contribution is 7.93. The summed E-state index contributed by atoms with van der Waals surface area (Å²) in [5.41, 5.74) is 9.80. The summed E-state index contributed by atoms with van der Waals surface area (Å²) >= 11 is 0. The lowest BCUT2D eigenvalue weighted by Crippen LogP contribution is -2.30. The highest BCUT2D eigenvalue weighted by atomic mass is 32.2. The zero-order valence-corrected chi connectivity index (χ0v) is 23.7. The molecule has 3 aromatic heterocycles. The second-order valence-corrected chi connectivity index (χ2v) is 11.7. The van der Waals surface area contributed by atoms with E-state index in [1.165, 1.54) is 42.5 Å². The maximum atomic E-state index is 13.5. The van der Waals surface area contributed by atoms with E-state index in [9.17, 15) is 21.6 Å². The number of nitrogens with one attached hydrogen (secondary N) is 1. The van der Waals surface area contributed by atoms with Crippen LogP contribution in [0.1, 0.15) is 24.6 Å². The molecule has 11 nitrogen and oxygen atoms in total. The first-order valence-electron chi connectivity index (χ1n) is 13.1. The minimum atomic E-state index is -5.01. The van der Waals surface area contributed by atoms with Crippen LogP contribution in [0.5, 0.6) is 5.75 Å². The minimum absolute atomic E-state index is 0.0518. The molecule has 1 saturated heterocycles. The number of hydrogen-bond acceptors (Lipinski definition) is 8. The molecule has 1 aliphatic heterocycles. The lowest BCUT2D eigenvalue weighted by Gasteiger charge is -2.25. The Morgan fingerprint density at radius 2 is 1.86 bits per heavy atom. The maximum absolute atomic E-state index is 13.5. The summed E-state index contributed by atoms with van der Waals surface area (Å²) < 4.78 is 80.7. The molecule has 0 spiro atoms. The molecular formula is C28H26F3N7O4S. The van der Waals surface area contributed by atoms with Crippen LogP contribution in [-0.2, 0) is 21.8 Å². The fraction of sp³-hybridized carbons (Fsp3) is 0.250. The van der Waals surface area contributed by atoms with Gasteiger partial charge in [0, 0.05) is 36.1 Å². The normalized spacial score (nSPS) is 14.7. The minimum Gasteiger partial charge on any atom is -0.484 e. The van der Waals surface area contributed by atoms with E-state index >= 15 is 0 Å². The monoisotopic (exact) mass is 613 g/mol. The van der Waals surface area contributed by atoms with E-state index in [2.05, 4.69) is 10.1 Å². The lowest BCUT2D eigenvalue weighted by atomic mass is 10.0. The Kier molecular flexibility index (Phi) is 7.22. The standard InChI is InChI=1S/C28H26F3N7O4S/c1-15(16-3-6-19(29)7-4-16)42-23-9-17(5-8-22(23)36-43(39,40)28(30)31)25-24-26(37(2)35-25)21(11-33-27(24)32)18-10-34-38(12-18)20-13-41-14-20/h3-12,15,20,28,36H,13-14H2,1-2H3,(H2,32,33)/t15-/m0/s1. The van der Waals surface area contributed by atoms with Crippen molar-refractivity contribution in [2.45, 2.75) is 24.8 Å². The third-order valence-electron chi connectivity index (χ3n) is 7.18. The molecule has 4 heterocycles. The third-order valence-corrected chi connectivity index (χ3v) is 8.16. The Hall–Kier alpha value is -4.63. The summed E-state index contributed by atoms with van der Waals surface area (Å²) in [6, 6.07) is 9.98. The van der Waals surface area contributed by atoms with Gasteiger partial charge in [-0.15, -0.1) is 0 Å². The number of halogens is 3. The predicted molar refractivity (Wildman–Crippen MR) is 153 cm³/mol. The number of hydrogen-bond donors (Lipinski definition) is 2. The molecule has 0 unspecified atom stereocenters. The molecule has 43 heavy (non-hydrogen) atoms. The summed E-state index contributed by atoms with van der Waals surface area (Å²) in [5, 5.41) is 9.68. The van der Waals surface area contributed by atoms with Gasteiger partial charge in [-0.25, -0.2) is 17.8 Å². The third kappa shape index (κ3) is 5.36. The maximum Gasteiger partial charge on any atom is 0.355 e. The Bertz CT molecular complexity index is 1920. The summed E-state index contributed by atoms with van der Waals surface area (Å²) in [5.74, 6) is -3.96. The SMILES string of the molecule is C[C@H](Oc1cc(-c2nn(C)c3c(-c4cnn(C5COC5)c4)cnc(N)c23)ccc1NS(=O)(=O)C(F)F)c1ccc(F)cc1. The summed E-state index contributed by atoms with van der Waals surface area (Å²) in [7, 11) is -3.26. The molecular weight excluding hydrogens is 587 g/mol. The van der Waals surface area contributed by atoms with Gasteiger partial charge >= 0.3 is 5.76 Å². The van der Waals surface area contributed by atoms with E-state index in [1.54, 1.807) is 31.0 Å². The van der Waals surface area contributed by atoms with Crippen molar-refractivity contribution in [2.24, 2.45) is 7.05 Å². The van der Waals surface area contributed by atoms with E-state index < -0.39 is 27.7 Å². The Balaban J connectivity index is 1.44. The molecule has 224 valence electrons. The number of nitrogens with zero attached hydrogens (tertiary/aromatic N) is 5. The van der Waals surface area contributed by atoms with Crippen molar-refractivity contribution in [2.75, 3.05) is 23.7 Å². The quantitative estimate of drug-likeness (QED) is 0.240. The smallest absolute Gasteiger partial charge is 0.355 e. The molecule has 1 atom stereocenters. The van der Waals surface area contributed by atoms with Gasteiger partial charge in [0.25, 0.3) is 10.0 Å². The summed E-state index contributed by atoms with van der Waals surface area (Å²) in [6.07, 6.45) is 4.56. The number of fused-ring (bicyclic) bond motifs is 1. The average molecular weight is 614 g/mol. The number of sulfonamides is 1. The van der Waals surface area contributed by atoms with Gasteiger partial charge in [0.2, 0.25) is 0 Å². The van der Waals surface area contributed by atoms with Crippen LogP contribution in [0.15, 0.2) is 61.1 Å². The van der Waals surface area contributed by atoms with Gasteiger partial charge in [-0.2, -0.15) is 19.0 Å². The molecule has 0 aliphatic carbocycles. The molecule has 15 heteroatoms. The molecule has 6 rings (SSSR count). The zero-order valence-electron chi connectivity index (χ0n) is 22.9. The van der Waals surface area contributed by atoms with E-state index in [1.807, 2.05) is 15.6 Å². The topological polar surface area (TPSA) is 139 Å². The zero-order chi connectivity index (χ0) is 30.5. The van der Waals surface area contributed by atoms with Crippen molar-refractivity contribution in [1.29, 1.82) is 0 Å².